The van der Waals surface area contributed by atoms with Crippen molar-refractivity contribution < 1.29 is 98.1 Å². The molecule has 624 valence electrons. The summed E-state index contributed by atoms with van der Waals surface area (Å²) in [4.78, 5) is 150. The van der Waals surface area contributed by atoms with E-state index in [1.54, 1.807) is 13.8 Å². The van der Waals surface area contributed by atoms with E-state index < -0.39 is 179 Å². The van der Waals surface area contributed by atoms with Crippen molar-refractivity contribution in [2.24, 2.45) is 17.8 Å². The number of rotatable bonds is 38. The number of nitrogens with zero attached hydrogens (tertiary/aromatic N) is 8. The molecular formula is C61H83BrN15O28P4S4-3. The highest BCUT2D eigenvalue weighted by atomic mass is 79.9. The van der Waals surface area contributed by atoms with Crippen LogP contribution in [0.15, 0.2) is 87.3 Å². The Hall–Kier alpha value is -5.34. The number of carbonyl (C=O) groups is 1. The summed E-state index contributed by atoms with van der Waals surface area (Å²) in [7, 11) is 0. The molecule has 1 amide bonds. The lowest BCUT2D eigenvalue weighted by molar-refractivity contribution is -0.216. The van der Waals surface area contributed by atoms with E-state index in [4.69, 9.17) is 139 Å². The van der Waals surface area contributed by atoms with Gasteiger partial charge in [-0.25, -0.2) is 24.2 Å². The van der Waals surface area contributed by atoms with Crippen molar-refractivity contribution in [3.63, 3.8) is 0 Å². The molecule has 0 bridgehead atoms. The molecule has 52 heteroatoms. The number of hydrogen-bond donors (Lipinski definition) is 8. The van der Waals surface area contributed by atoms with Crippen molar-refractivity contribution in [1.82, 2.24) is 58.1 Å². The lowest BCUT2D eigenvalue weighted by Crippen LogP contribution is -2.34. The second-order valence-corrected chi connectivity index (χ2v) is 39.0. The molecule has 9 unspecified atom stereocenters. The zero-order chi connectivity index (χ0) is 81.6. The maximum absolute atomic E-state index is 14.9. The van der Waals surface area contributed by atoms with Gasteiger partial charge in [-0.15, -0.1) is 0 Å². The van der Waals surface area contributed by atoms with Crippen molar-refractivity contribution in [3.8, 4) is 0 Å². The van der Waals surface area contributed by atoms with Gasteiger partial charge in [0, 0.05) is 74.6 Å². The maximum atomic E-state index is 14.9. The van der Waals surface area contributed by atoms with E-state index in [9.17, 15) is 57.8 Å². The number of amides is 1. The van der Waals surface area contributed by atoms with Crippen LogP contribution in [0.5, 0.6) is 0 Å². The van der Waals surface area contributed by atoms with Crippen molar-refractivity contribution in [1.29, 1.82) is 0 Å². The van der Waals surface area contributed by atoms with E-state index >= 15 is 0 Å². The third-order valence-corrected chi connectivity index (χ3v) is 26.2. The molecule has 0 aromatic carbocycles. The van der Waals surface area contributed by atoms with E-state index in [-0.39, 0.29) is 134 Å². The molecule has 19 atom stereocenters. The average Bonchev–Trinajstić information content (AvgIpc) is 1.63. The van der Waals surface area contributed by atoms with Crippen LogP contribution >= 0.6 is 42.9 Å². The van der Waals surface area contributed by atoms with Gasteiger partial charge in [0.2, 0.25) is 5.91 Å². The number of nitrogens with two attached hydrogens (primary N) is 3. The number of nitrogen functional groups attached to an aromatic ring is 3. The molecule has 43 nitrogen and oxygen atoms in total. The number of aliphatic hydroxyl groups is 1. The Morgan fingerprint density at radius 1 is 0.628 bits per heavy atom. The summed E-state index contributed by atoms with van der Waals surface area (Å²) >= 11 is 25.6. The molecular weight excluding hydrogens is 1720 g/mol. The minimum absolute atomic E-state index is 0.0139. The quantitative estimate of drug-likeness (QED) is 0.0147. The first-order valence-electron chi connectivity index (χ1n) is 35.1. The molecule has 11 heterocycles. The molecule has 6 aromatic rings. The fraction of sp³-hybridized carbons (Fsp3) is 0.623. The number of pyridine rings is 1. The number of fused-ring (bicyclic) bond motifs is 1. The first kappa shape index (κ1) is 88.5. The van der Waals surface area contributed by atoms with Gasteiger partial charge in [-0.2, -0.15) is 9.97 Å². The highest BCUT2D eigenvalue weighted by Gasteiger charge is 2.48. The van der Waals surface area contributed by atoms with Crippen molar-refractivity contribution in [2.75, 3.05) is 89.8 Å². The molecule has 5 saturated heterocycles. The van der Waals surface area contributed by atoms with Crippen LogP contribution < -0.4 is 71.7 Å². The summed E-state index contributed by atoms with van der Waals surface area (Å²) in [5.41, 5.74) is 12.5. The molecule has 5 fully saturated rings. The third kappa shape index (κ3) is 22.9. The van der Waals surface area contributed by atoms with Crippen LogP contribution in [0.3, 0.4) is 0 Å². The Balaban J connectivity index is 0.810. The van der Waals surface area contributed by atoms with Gasteiger partial charge in [-0.1, -0.05) is 51.3 Å². The SMILES string of the molecule is Cc1cn([C@H]2CC(OP(=S)(OCCOCCOCCNC(=O)C(C)C)OC[C@H]3O[C@@H](n4ccc(N)nc4=O)CC3C(C)C)[C@@H](COP([O-])(=S)OC3C[C@H](n4cnc5c(=O)[nH]c(N)cc54)O[C@@H]3COP(=O)([S-])OC3C[C@H](n4ccc(N)nc4=O)O[C@@H]3COP([O-])(=S)OC3C[C@H](n4cc(Br)c(=O)[nH]c4=O)O[C@@H]3CO)O2)c(=O)[nH]c1=O. The van der Waals surface area contributed by atoms with Gasteiger partial charge in [0.25, 0.3) is 16.7 Å². The Morgan fingerprint density at radius 3 is 1.67 bits per heavy atom. The van der Waals surface area contributed by atoms with Gasteiger partial charge in [-0.05, 0) is 65.0 Å². The number of carbonyl (C=O) groups excluding carboxylic acids is 1. The van der Waals surface area contributed by atoms with Gasteiger partial charge < -0.3 is 133 Å². The molecule has 0 saturated carbocycles. The number of aromatic nitrogens is 11. The van der Waals surface area contributed by atoms with Crippen LogP contribution in [0.1, 0.15) is 96.5 Å². The molecule has 6 aromatic heterocycles. The van der Waals surface area contributed by atoms with E-state index in [0.29, 0.717) is 6.42 Å². The highest BCUT2D eigenvalue weighted by Crippen LogP contribution is 2.57. The lowest BCUT2D eigenvalue weighted by Gasteiger charge is -2.35. The monoisotopic (exact) mass is 1800 g/mol. The second kappa shape index (κ2) is 38.2. The summed E-state index contributed by atoms with van der Waals surface area (Å²) in [6.45, 7) is -12.4. The van der Waals surface area contributed by atoms with E-state index in [0.717, 1.165) is 19.9 Å². The number of H-pyrrole nitrogens is 3. The number of nitrogens with one attached hydrogen (secondary N) is 4. The van der Waals surface area contributed by atoms with Crippen molar-refractivity contribution in [2.45, 2.75) is 153 Å². The van der Waals surface area contributed by atoms with Gasteiger partial charge in [-0.3, -0.25) is 52.0 Å². The topological polar surface area (TPSA) is 568 Å². The largest absolute Gasteiger partial charge is 0.780 e. The van der Waals surface area contributed by atoms with Crippen LogP contribution in [-0.2, 0) is 131 Å². The smallest absolute Gasteiger partial charge is 0.351 e. The molecule has 113 heavy (non-hydrogen) atoms. The van der Waals surface area contributed by atoms with E-state index in [2.05, 4.69) is 51.2 Å². The standard InChI is InChI=1S/C61H86BrN15O28P4S4/c1-30(2)33-16-48(73-9-6-45(63)69-58(73)83)98-41(33)25-96-109(113,92-15-14-91-13-12-90-11-8-66-54(79)31(3)4)105-39-21-50(75-22-32(5)55(80)71-60(75)85)100-44(39)28-95-108(89,112)104-38-20-52(77-29-67-53-35(77)17-47(65)68-57(53)82)101-43(38)27-94-107(88,111)103-37-19-49(74-10-7-46(64)70-59(74)84)99-42(37)26-93-106(87,110)102-36-18-51(97-40(36)24-78)76-23-34(62)56(81)72-61(76)86/h6-7,9-10,17,22-23,29-31,33,36-44,48-52,78H,8,11-16,18-21,24-28H2,1-5H3,(H,66,79)(H,87,110)(H,88,111)(H,89,112)(H2,63,69,83)(H2,64,70,84)(H3,65,68,82)(H,71,80,85)(H,72,81,86)/p-3/t33?,36?,37?,38?,39?,40-,41-,42-,43-,44-,48-,49-,50-,51-,52-,106?,107?,108?,109?/m1/s1. The molecule has 11 N–H and O–H groups in total. The zero-order valence-corrected chi connectivity index (χ0v) is 69.3. The van der Waals surface area contributed by atoms with Gasteiger partial charge in [0.1, 0.15) is 86.4 Å². The fourth-order valence-corrected chi connectivity index (χ4v) is 19.7. The van der Waals surface area contributed by atoms with Gasteiger partial charge in [0.05, 0.1) is 113 Å². The number of aromatic amines is 3. The van der Waals surface area contributed by atoms with Gasteiger partial charge >= 0.3 is 29.5 Å². The summed E-state index contributed by atoms with van der Waals surface area (Å²) in [5.74, 6) is -0.781. The minimum Gasteiger partial charge on any atom is -0.780 e. The van der Waals surface area contributed by atoms with Gasteiger partial charge in [0.15, 0.2) is 12.3 Å². The lowest BCUT2D eigenvalue weighted by atomic mass is 9.89. The summed E-state index contributed by atoms with van der Waals surface area (Å²) in [6, 6.07) is 4.15. The van der Waals surface area contributed by atoms with Crippen LogP contribution in [-0.4, -0.2) is 191 Å². The predicted octanol–water partition coefficient (Wildman–Crippen LogP) is 0.337. The third-order valence-electron chi connectivity index (χ3n) is 18.5. The van der Waals surface area contributed by atoms with E-state index in [1.807, 2.05) is 13.8 Å². The molecule has 5 aliphatic rings. The zero-order valence-electron chi connectivity index (χ0n) is 60.8. The first-order chi connectivity index (χ1) is 53.4. The number of aryl methyl sites for hydroxylation is 1. The Labute approximate surface area is 669 Å². The number of hydrogen-bond acceptors (Lipinski definition) is 38. The fourth-order valence-electron chi connectivity index (χ4n) is 12.9. The molecule has 0 aliphatic carbocycles. The molecule has 0 radical (unpaired) electrons. The summed E-state index contributed by atoms with van der Waals surface area (Å²) in [5, 5.41) is 13.0. The van der Waals surface area contributed by atoms with Crippen LogP contribution in [0.4, 0.5) is 17.5 Å². The van der Waals surface area contributed by atoms with Crippen molar-refractivity contribution >= 4 is 125 Å². The highest BCUT2D eigenvalue weighted by molar-refractivity contribution is 9.10. The van der Waals surface area contributed by atoms with E-state index in [1.165, 1.54) is 59.2 Å². The Bertz CT molecular complexity index is 5040. The summed E-state index contributed by atoms with van der Waals surface area (Å²) in [6.07, 6.45) is -11.7. The second-order valence-electron chi connectivity index (χ2n) is 27.1. The number of imidazole rings is 1. The maximum Gasteiger partial charge on any atom is 0.351 e. The normalized spacial score (nSPS) is 27.5. The number of anilines is 3. The molecule has 0 spiro atoms. The minimum atomic E-state index is -4.89. The number of aliphatic hydroxyl groups excluding tert-OH is 1. The summed E-state index contributed by atoms with van der Waals surface area (Å²) < 4.78 is 118. The number of halogens is 1. The van der Waals surface area contributed by atoms with Crippen molar-refractivity contribution in [3.05, 3.63) is 132 Å². The molecule has 5 aliphatic heterocycles. The molecule has 11 rings (SSSR count). The van der Waals surface area contributed by atoms with Crippen LogP contribution in [0.25, 0.3) is 11.0 Å². The van der Waals surface area contributed by atoms with Crippen LogP contribution in [0, 0.1) is 24.7 Å². The predicted molar refractivity (Wildman–Crippen MR) is 410 cm³/mol. The Kier molecular flexibility index (Phi) is 29.9. The number of ether oxygens (including phenoxy) is 7. The average molecular weight is 1810 g/mol. The Morgan fingerprint density at radius 2 is 1.11 bits per heavy atom. The first-order valence-corrected chi connectivity index (χ1v) is 46.1. The van der Waals surface area contributed by atoms with Crippen LogP contribution in [0.2, 0.25) is 0 Å².